The highest BCUT2D eigenvalue weighted by molar-refractivity contribution is 8.26. The van der Waals surface area contributed by atoms with E-state index >= 15 is 0 Å². The number of methoxy groups -OCH3 is 1. The van der Waals surface area contributed by atoms with Crippen LogP contribution in [0.3, 0.4) is 0 Å². The fraction of sp³-hybridized carbons (Fsp3) is 0.375. The van der Waals surface area contributed by atoms with E-state index in [4.69, 9.17) is 21.7 Å². The standard InChI is InChI=1S/C16H19NO3S2/c1-5-17-15(18)13(22-16(17)21)9-11-7-6-8-12(19-4)14(11)20-10(2)3/h6-10H,5H2,1-4H3/b13-9+. The molecule has 4 nitrogen and oxygen atoms in total. The average molecular weight is 337 g/mol. The molecule has 1 aromatic carbocycles. The number of rotatable bonds is 5. The number of benzene rings is 1. The Labute approximate surface area is 140 Å². The first-order valence-electron chi connectivity index (χ1n) is 7.07. The van der Waals surface area contributed by atoms with Crippen LogP contribution in [-0.4, -0.2) is 34.9 Å². The zero-order valence-electron chi connectivity index (χ0n) is 13.1. The van der Waals surface area contributed by atoms with Gasteiger partial charge in [-0.1, -0.05) is 36.1 Å². The first-order valence-corrected chi connectivity index (χ1v) is 8.29. The third-order valence-electron chi connectivity index (χ3n) is 3.06. The van der Waals surface area contributed by atoms with Crippen LogP contribution in [0.15, 0.2) is 23.1 Å². The van der Waals surface area contributed by atoms with Crippen LogP contribution in [0.1, 0.15) is 26.3 Å². The van der Waals surface area contributed by atoms with E-state index in [2.05, 4.69) is 0 Å². The maximum absolute atomic E-state index is 12.3. The van der Waals surface area contributed by atoms with E-state index < -0.39 is 0 Å². The Bertz CT molecular complexity index is 626. The summed E-state index contributed by atoms with van der Waals surface area (Å²) in [7, 11) is 1.60. The lowest BCUT2D eigenvalue weighted by molar-refractivity contribution is -0.121. The number of hydrogen-bond donors (Lipinski definition) is 0. The van der Waals surface area contributed by atoms with Crippen LogP contribution in [0, 0.1) is 0 Å². The Morgan fingerprint density at radius 1 is 1.41 bits per heavy atom. The Hall–Kier alpha value is -1.53. The van der Waals surface area contributed by atoms with Crippen molar-refractivity contribution in [3.8, 4) is 11.5 Å². The number of carbonyl (C=O) groups is 1. The summed E-state index contributed by atoms with van der Waals surface area (Å²) in [6.07, 6.45) is 1.82. The minimum atomic E-state index is -0.0594. The van der Waals surface area contributed by atoms with Gasteiger partial charge in [-0.05, 0) is 32.9 Å². The smallest absolute Gasteiger partial charge is 0.266 e. The fourth-order valence-electron chi connectivity index (χ4n) is 2.08. The summed E-state index contributed by atoms with van der Waals surface area (Å²) >= 11 is 6.55. The van der Waals surface area contributed by atoms with Gasteiger partial charge in [0.15, 0.2) is 11.5 Å². The van der Waals surface area contributed by atoms with E-state index in [0.717, 1.165) is 5.56 Å². The summed E-state index contributed by atoms with van der Waals surface area (Å²) in [6.45, 7) is 6.39. The average Bonchev–Trinajstić information content (AvgIpc) is 2.74. The number of nitrogens with zero attached hydrogens (tertiary/aromatic N) is 1. The van der Waals surface area contributed by atoms with Gasteiger partial charge in [0.1, 0.15) is 4.32 Å². The number of thiocarbonyl (C=S) groups is 1. The largest absolute Gasteiger partial charge is 0.493 e. The maximum atomic E-state index is 12.3. The zero-order valence-corrected chi connectivity index (χ0v) is 14.7. The summed E-state index contributed by atoms with van der Waals surface area (Å²) in [5.74, 6) is 1.23. The van der Waals surface area contributed by atoms with Gasteiger partial charge in [0.2, 0.25) is 0 Å². The molecule has 0 saturated carbocycles. The molecule has 0 unspecified atom stereocenters. The van der Waals surface area contributed by atoms with Gasteiger partial charge in [-0.3, -0.25) is 9.69 Å². The third-order valence-corrected chi connectivity index (χ3v) is 4.44. The van der Waals surface area contributed by atoms with Crippen LogP contribution < -0.4 is 9.47 Å². The van der Waals surface area contributed by atoms with Crippen LogP contribution in [0.2, 0.25) is 0 Å². The maximum Gasteiger partial charge on any atom is 0.266 e. The Balaban J connectivity index is 2.43. The minimum Gasteiger partial charge on any atom is -0.493 e. The highest BCUT2D eigenvalue weighted by atomic mass is 32.2. The lowest BCUT2D eigenvalue weighted by Crippen LogP contribution is -2.27. The molecule has 0 spiro atoms. The normalized spacial score (nSPS) is 16.8. The van der Waals surface area contributed by atoms with Gasteiger partial charge >= 0.3 is 0 Å². The monoisotopic (exact) mass is 337 g/mol. The fourth-order valence-corrected chi connectivity index (χ4v) is 3.46. The van der Waals surface area contributed by atoms with Crippen molar-refractivity contribution < 1.29 is 14.3 Å². The third kappa shape index (κ3) is 3.44. The van der Waals surface area contributed by atoms with E-state index in [1.54, 1.807) is 12.0 Å². The molecule has 0 radical (unpaired) electrons. The molecule has 0 aliphatic carbocycles. The van der Waals surface area contributed by atoms with E-state index in [-0.39, 0.29) is 12.0 Å². The lowest BCUT2D eigenvalue weighted by Gasteiger charge is -2.16. The minimum absolute atomic E-state index is 0.00796. The van der Waals surface area contributed by atoms with Crippen LogP contribution >= 0.6 is 24.0 Å². The topological polar surface area (TPSA) is 38.8 Å². The molecule has 0 aromatic heterocycles. The highest BCUT2D eigenvalue weighted by Gasteiger charge is 2.31. The van der Waals surface area contributed by atoms with E-state index in [1.807, 2.05) is 45.0 Å². The summed E-state index contributed by atoms with van der Waals surface area (Å²) < 4.78 is 11.8. The summed E-state index contributed by atoms with van der Waals surface area (Å²) in [6, 6.07) is 5.61. The molecule has 118 valence electrons. The molecule has 1 heterocycles. The molecule has 6 heteroatoms. The molecule has 0 atom stereocenters. The van der Waals surface area contributed by atoms with Crippen molar-refractivity contribution in [1.82, 2.24) is 4.90 Å². The predicted octanol–water partition coefficient (Wildman–Crippen LogP) is 3.70. The highest BCUT2D eigenvalue weighted by Crippen LogP contribution is 2.37. The number of likely N-dealkylation sites (N-methyl/N-ethyl adjacent to an activating group) is 1. The zero-order chi connectivity index (χ0) is 16.3. The summed E-state index contributed by atoms with van der Waals surface area (Å²) in [5, 5.41) is 0. The lowest BCUT2D eigenvalue weighted by atomic mass is 10.1. The number of carbonyl (C=O) groups excluding carboxylic acids is 1. The van der Waals surface area contributed by atoms with Gasteiger partial charge in [0.05, 0.1) is 18.1 Å². The van der Waals surface area contributed by atoms with Crippen LogP contribution in [0.25, 0.3) is 6.08 Å². The van der Waals surface area contributed by atoms with Gasteiger partial charge in [0.25, 0.3) is 5.91 Å². The van der Waals surface area contributed by atoms with Crippen molar-refractivity contribution in [2.75, 3.05) is 13.7 Å². The van der Waals surface area contributed by atoms with Gasteiger partial charge in [-0.25, -0.2) is 0 Å². The number of ether oxygens (including phenoxy) is 2. The second-order valence-electron chi connectivity index (χ2n) is 4.97. The Kier molecular flexibility index (Phi) is 5.47. The van der Waals surface area contributed by atoms with Gasteiger partial charge < -0.3 is 9.47 Å². The molecule has 1 aliphatic heterocycles. The van der Waals surface area contributed by atoms with E-state index in [0.29, 0.717) is 27.3 Å². The second kappa shape index (κ2) is 7.15. The SMILES string of the molecule is CCN1C(=O)/C(=C\c2cccc(OC)c2OC(C)C)SC1=S. The molecule has 1 aromatic rings. The number of hydrogen-bond acceptors (Lipinski definition) is 5. The van der Waals surface area contributed by atoms with Crippen molar-refractivity contribution in [2.45, 2.75) is 26.9 Å². The molecule has 1 saturated heterocycles. The van der Waals surface area contributed by atoms with Crippen molar-refractivity contribution in [3.05, 3.63) is 28.7 Å². The van der Waals surface area contributed by atoms with Crippen molar-refractivity contribution >= 4 is 40.3 Å². The van der Waals surface area contributed by atoms with Gasteiger partial charge in [-0.15, -0.1) is 0 Å². The van der Waals surface area contributed by atoms with Crippen molar-refractivity contribution in [2.24, 2.45) is 0 Å². The second-order valence-corrected chi connectivity index (χ2v) is 6.65. The molecular formula is C16H19NO3S2. The summed E-state index contributed by atoms with van der Waals surface area (Å²) in [5.41, 5.74) is 0.810. The van der Waals surface area contributed by atoms with Crippen molar-refractivity contribution in [1.29, 1.82) is 0 Å². The Morgan fingerprint density at radius 3 is 2.68 bits per heavy atom. The Morgan fingerprint density at radius 2 is 2.14 bits per heavy atom. The first kappa shape index (κ1) is 16.8. The summed E-state index contributed by atoms with van der Waals surface area (Å²) in [4.78, 5) is 14.5. The number of thioether (sulfide) groups is 1. The number of para-hydroxylation sites is 1. The molecule has 22 heavy (non-hydrogen) atoms. The molecule has 1 fully saturated rings. The van der Waals surface area contributed by atoms with Crippen molar-refractivity contribution in [3.63, 3.8) is 0 Å². The van der Waals surface area contributed by atoms with Gasteiger partial charge in [0, 0.05) is 12.1 Å². The molecule has 2 rings (SSSR count). The molecule has 0 N–H and O–H groups in total. The van der Waals surface area contributed by atoms with Gasteiger partial charge in [-0.2, -0.15) is 0 Å². The van der Waals surface area contributed by atoms with Crippen LogP contribution in [-0.2, 0) is 4.79 Å². The first-order chi connectivity index (χ1) is 10.5. The molecule has 0 bridgehead atoms. The van der Waals surface area contributed by atoms with Crippen LogP contribution in [0.4, 0.5) is 0 Å². The predicted molar refractivity (Wildman–Crippen MR) is 94.3 cm³/mol. The number of amides is 1. The van der Waals surface area contributed by atoms with E-state index in [9.17, 15) is 4.79 Å². The quantitative estimate of drug-likeness (QED) is 0.605. The molecule has 1 amide bonds. The van der Waals surface area contributed by atoms with Crippen LogP contribution in [0.5, 0.6) is 11.5 Å². The molecular weight excluding hydrogens is 318 g/mol. The van der Waals surface area contributed by atoms with E-state index in [1.165, 1.54) is 11.8 Å². The molecule has 1 aliphatic rings.